The molecular formula is C18H19F3N4O4S. The summed E-state index contributed by atoms with van der Waals surface area (Å²) in [5.41, 5.74) is 1.10. The lowest BCUT2D eigenvalue weighted by Gasteiger charge is -2.11. The van der Waals surface area contributed by atoms with Gasteiger partial charge in [0.05, 0.1) is 11.4 Å². The average molecular weight is 444 g/mol. The van der Waals surface area contributed by atoms with Crippen LogP contribution in [-0.4, -0.2) is 39.6 Å². The zero-order valence-corrected chi connectivity index (χ0v) is 16.3. The zero-order valence-electron chi connectivity index (χ0n) is 15.5. The molecule has 0 radical (unpaired) electrons. The van der Waals surface area contributed by atoms with Gasteiger partial charge in [0, 0.05) is 12.2 Å². The summed E-state index contributed by atoms with van der Waals surface area (Å²) in [7, 11) is -4.34. The van der Waals surface area contributed by atoms with E-state index in [0.717, 1.165) is 17.7 Å². The number of benzene rings is 2. The first kappa shape index (κ1) is 23.2. The van der Waals surface area contributed by atoms with Crippen molar-refractivity contribution in [1.82, 2.24) is 15.4 Å². The Morgan fingerprint density at radius 2 is 1.53 bits per heavy atom. The minimum Gasteiger partial charge on any atom is -0.334 e. The largest absolute Gasteiger partial charge is 0.402 e. The van der Waals surface area contributed by atoms with Crippen LogP contribution in [0.25, 0.3) is 0 Å². The number of carbonyl (C=O) groups excluding carboxylic acids is 2. The molecule has 2 aromatic rings. The fourth-order valence-electron chi connectivity index (χ4n) is 2.18. The second-order valence-electron chi connectivity index (χ2n) is 6.03. The molecule has 3 amide bonds. The lowest BCUT2D eigenvalue weighted by molar-refractivity contribution is -0.121. The highest BCUT2D eigenvalue weighted by molar-refractivity contribution is 7.89. The first-order valence-electron chi connectivity index (χ1n) is 8.57. The summed E-state index contributed by atoms with van der Waals surface area (Å²) in [4.78, 5) is 23.2. The van der Waals surface area contributed by atoms with Crippen molar-refractivity contribution in [3.05, 3.63) is 60.2 Å². The molecule has 8 nitrogen and oxygen atoms in total. The second kappa shape index (κ2) is 10.1. The smallest absolute Gasteiger partial charge is 0.334 e. The van der Waals surface area contributed by atoms with E-state index in [1.165, 1.54) is 16.9 Å². The summed E-state index contributed by atoms with van der Waals surface area (Å²) in [5, 5.41) is 7.38. The number of alkyl halides is 3. The molecule has 12 heteroatoms. The van der Waals surface area contributed by atoms with E-state index in [-0.39, 0.29) is 23.7 Å². The monoisotopic (exact) mass is 444 g/mol. The summed E-state index contributed by atoms with van der Waals surface area (Å²) in [6.45, 7) is -1.74. The maximum atomic E-state index is 12.2. The highest BCUT2D eigenvalue weighted by atomic mass is 32.2. The second-order valence-corrected chi connectivity index (χ2v) is 7.80. The van der Waals surface area contributed by atoms with Crippen LogP contribution in [0.1, 0.15) is 5.56 Å². The van der Waals surface area contributed by atoms with Gasteiger partial charge in [0.2, 0.25) is 15.9 Å². The van der Waals surface area contributed by atoms with Crippen LogP contribution < -0.4 is 20.7 Å². The summed E-state index contributed by atoms with van der Waals surface area (Å²) >= 11 is 0. The maximum absolute atomic E-state index is 12.2. The van der Waals surface area contributed by atoms with Gasteiger partial charge in [0.15, 0.2) is 0 Å². The number of halogens is 3. The van der Waals surface area contributed by atoms with Gasteiger partial charge in [-0.15, -0.1) is 0 Å². The fraction of sp³-hybridized carbons (Fsp3) is 0.222. The van der Waals surface area contributed by atoms with Gasteiger partial charge in [-0.25, -0.2) is 17.9 Å². The van der Waals surface area contributed by atoms with E-state index in [0.29, 0.717) is 0 Å². The maximum Gasteiger partial charge on any atom is 0.402 e. The number of anilines is 1. The molecule has 0 heterocycles. The Labute approximate surface area is 170 Å². The summed E-state index contributed by atoms with van der Waals surface area (Å²) in [6.07, 6.45) is -4.68. The Bertz CT molecular complexity index is 965. The number of amides is 3. The quantitative estimate of drug-likeness (QED) is 0.498. The molecule has 0 fully saturated rings. The van der Waals surface area contributed by atoms with Gasteiger partial charge in [0.1, 0.15) is 6.54 Å². The lowest BCUT2D eigenvalue weighted by atomic mass is 10.2. The third-order valence-electron chi connectivity index (χ3n) is 3.62. The number of nitrogens with one attached hydrogen (secondary N) is 4. The van der Waals surface area contributed by atoms with E-state index in [4.69, 9.17) is 0 Å². The van der Waals surface area contributed by atoms with Crippen molar-refractivity contribution in [3.63, 3.8) is 0 Å². The van der Waals surface area contributed by atoms with Gasteiger partial charge in [0.25, 0.3) is 0 Å². The first-order chi connectivity index (χ1) is 14.0. The SMILES string of the molecule is O=C(CNC(=O)NCc1ccccc1)Nc1ccc(S(=O)(=O)NCC(F)(F)F)cc1. The normalized spacial score (nSPS) is 11.6. The minimum absolute atomic E-state index is 0.210. The van der Waals surface area contributed by atoms with Crippen molar-refractivity contribution < 1.29 is 31.2 Å². The zero-order chi connectivity index (χ0) is 22.2. The van der Waals surface area contributed by atoms with Crippen LogP contribution in [0.3, 0.4) is 0 Å². The molecule has 30 heavy (non-hydrogen) atoms. The molecule has 0 bridgehead atoms. The van der Waals surface area contributed by atoms with Crippen LogP contribution in [0.4, 0.5) is 23.7 Å². The van der Waals surface area contributed by atoms with Gasteiger partial charge < -0.3 is 16.0 Å². The third kappa shape index (κ3) is 8.09. The Balaban J connectivity index is 1.79. The Morgan fingerprint density at radius 1 is 0.900 bits per heavy atom. The number of urea groups is 1. The third-order valence-corrected chi connectivity index (χ3v) is 5.03. The van der Waals surface area contributed by atoms with E-state index < -0.39 is 34.7 Å². The lowest BCUT2D eigenvalue weighted by Crippen LogP contribution is -2.39. The molecule has 0 aliphatic heterocycles. The first-order valence-corrected chi connectivity index (χ1v) is 10.1. The predicted molar refractivity (Wildman–Crippen MR) is 103 cm³/mol. The summed E-state index contributed by atoms with van der Waals surface area (Å²) < 4.78 is 61.5. The molecule has 0 saturated heterocycles. The van der Waals surface area contributed by atoms with Gasteiger partial charge in [-0.2, -0.15) is 13.2 Å². The topological polar surface area (TPSA) is 116 Å². The Morgan fingerprint density at radius 3 is 2.13 bits per heavy atom. The van der Waals surface area contributed by atoms with Crippen molar-refractivity contribution in [1.29, 1.82) is 0 Å². The summed E-state index contributed by atoms with van der Waals surface area (Å²) in [5.74, 6) is -0.573. The van der Waals surface area contributed by atoms with Gasteiger partial charge in [-0.3, -0.25) is 4.79 Å². The Kier molecular flexibility index (Phi) is 7.78. The van der Waals surface area contributed by atoms with Gasteiger partial charge in [-0.1, -0.05) is 30.3 Å². The van der Waals surface area contributed by atoms with Crippen LogP contribution in [-0.2, 0) is 21.4 Å². The van der Waals surface area contributed by atoms with Crippen molar-refractivity contribution in [2.75, 3.05) is 18.4 Å². The molecule has 0 saturated carbocycles. The molecule has 0 aliphatic carbocycles. The molecule has 0 atom stereocenters. The molecule has 0 unspecified atom stereocenters. The van der Waals surface area contributed by atoms with Crippen LogP contribution >= 0.6 is 0 Å². The molecule has 2 rings (SSSR count). The number of hydrogen-bond donors (Lipinski definition) is 4. The van der Waals surface area contributed by atoms with Gasteiger partial charge in [-0.05, 0) is 29.8 Å². The molecule has 4 N–H and O–H groups in total. The number of rotatable bonds is 8. The molecule has 162 valence electrons. The van der Waals surface area contributed by atoms with Crippen molar-refractivity contribution in [3.8, 4) is 0 Å². The Hall–Kier alpha value is -3.12. The van der Waals surface area contributed by atoms with E-state index in [2.05, 4.69) is 16.0 Å². The summed E-state index contributed by atoms with van der Waals surface area (Å²) in [6, 6.07) is 13.1. The average Bonchev–Trinajstić information content (AvgIpc) is 2.70. The van der Waals surface area contributed by atoms with Crippen LogP contribution in [0.15, 0.2) is 59.5 Å². The van der Waals surface area contributed by atoms with Crippen molar-refractivity contribution in [2.45, 2.75) is 17.6 Å². The molecule has 0 spiro atoms. The van der Waals surface area contributed by atoms with Crippen LogP contribution in [0, 0.1) is 0 Å². The molecule has 0 aliphatic rings. The van der Waals surface area contributed by atoms with E-state index in [1.54, 1.807) is 0 Å². The molecule has 0 aromatic heterocycles. The van der Waals surface area contributed by atoms with Gasteiger partial charge >= 0.3 is 12.2 Å². The van der Waals surface area contributed by atoms with E-state index >= 15 is 0 Å². The van der Waals surface area contributed by atoms with Crippen molar-refractivity contribution in [2.24, 2.45) is 0 Å². The highest BCUT2D eigenvalue weighted by Crippen LogP contribution is 2.17. The predicted octanol–water partition coefficient (Wildman–Crippen LogP) is 1.97. The number of sulfonamides is 1. The van der Waals surface area contributed by atoms with Crippen LogP contribution in [0.5, 0.6) is 0 Å². The number of carbonyl (C=O) groups is 2. The van der Waals surface area contributed by atoms with Crippen molar-refractivity contribution >= 4 is 27.6 Å². The number of hydrogen-bond acceptors (Lipinski definition) is 4. The standard InChI is InChI=1S/C18H19F3N4O4S/c19-18(20,21)12-24-30(28,29)15-8-6-14(7-9-15)25-16(26)11-23-17(27)22-10-13-4-2-1-3-5-13/h1-9,24H,10-12H2,(H,25,26)(H2,22,23,27). The van der Waals surface area contributed by atoms with Crippen LogP contribution in [0.2, 0.25) is 0 Å². The fourth-order valence-corrected chi connectivity index (χ4v) is 3.20. The minimum atomic E-state index is -4.68. The highest BCUT2D eigenvalue weighted by Gasteiger charge is 2.30. The molecule has 2 aromatic carbocycles. The van der Waals surface area contributed by atoms with E-state index in [1.807, 2.05) is 30.3 Å². The van der Waals surface area contributed by atoms with E-state index in [9.17, 15) is 31.2 Å². The molecular weight excluding hydrogens is 425 g/mol.